The van der Waals surface area contributed by atoms with Gasteiger partial charge >= 0.3 is 5.97 Å². The first-order valence-electron chi connectivity index (χ1n) is 12.1. The normalized spacial score (nSPS) is 16.2. The van der Waals surface area contributed by atoms with Gasteiger partial charge in [0.2, 0.25) is 0 Å². The van der Waals surface area contributed by atoms with E-state index in [9.17, 15) is 9.59 Å². The zero-order valence-electron chi connectivity index (χ0n) is 20.9. The Morgan fingerprint density at radius 3 is 1.59 bits per heavy atom. The van der Waals surface area contributed by atoms with Gasteiger partial charge in [0, 0.05) is 10.0 Å². The number of amides is 1. The van der Waals surface area contributed by atoms with Crippen LogP contribution in [0.25, 0.3) is 0 Å². The lowest BCUT2D eigenvalue weighted by atomic mass is 9.97. The van der Waals surface area contributed by atoms with E-state index in [2.05, 4.69) is 10.3 Å². The Kier molecular flexibility index (Phi) is 13.5. The number of hydroxylamine groups is 1. The Hall–Kier alpha value is -2.56. The van der Waals surface area contributed by atoms with Crippen LogP contribution >= 0.6 is 23.2 Å². The van der Waals surface area contributed by atoms with E-state index >= 15 is 0 Å². The molecule has 11 heteroatoms. The molecule has 0 spiro atoms. The van der Waals surface area contributed by atoms with E-state index in [-0.39, 0.29) is 12.0 Å². The summed E-state index contributed by atoms with van der Waals surface area (Å²) in [5.41, 5.74) is 2.43. The standard InChI is InChI=1S/C13H16ClNO3.C9H9ClO3.C4H9NO/c1-9(13(16)15-18-12-3-2-4-12)17-11-7-5-10(14)6-8-11;1-6(9(11)12)13-8-4-2-7(10)3-5-8;5-6-4-2-1-3-4/h5-9,12H,2-4H2,1H3,(H,15,16);2-6H,1H3,(H,11,12);4H,1-3,5H2/t9-;6-;/m00./s1. The highest BCUT2D eigenvalue weighted by Gasteiger charge is 2.21. The van der Waals surface area contributed by atoms with Crippen molar-refractivity contribution >= 4 is 35.1 Å². The summed E-state index contributed by atoms with van der Waals surface area (Å²) in [4.78, 5) is 31.8. The first kappa shape index (κ1) is 30.7. The predicted octanol–water partition coefficient (Wildman–Crippen LogP) is 5.33. The van der Waals surface area contributed by atoms with Gasteiger partial charge in [-0.15, -0.1) is 0 Å². The Morgan fingerprint density at radius 2 is 1.27 bits per heavy atom. The predicted molar refractivity (Wildman–Crippen MR) is 140 cm³/mol. The maximum absolute atomic E-state index is 11.7. The second kappa shape index (κ2) is 16.3. The monoisotopic (exact) mass is 556 g/mol. The minimum Gasteiger partial charge on any atom is -0.481 e. The summed E-state index contributed by atoms with van der Waals surface area (Å²) >= 11 is 11.4. The molecule has 2 aliphatic carbocycles. The maximum atomic E-state index is 11.7. The van der Waals surface area contributed by atoms with Gasteiger partial charge in [0.05, 0.1) is 12.2 Å². The number of halogens is 2. The number of carbonyl (C=O) groups is 2. The van der Waals surface area contributed by atoms with Gasteiger partial charge in [-0.2, -0.15) is 0 Å². The number of nitrogens with two attached hydrogens (primary N) is 1. The number of benzene rings is 2. The van der Waals surface area contributed by atoms with E-state index in [4.69, 9.17) is 48.5 Å². The van der Waals surface area contributed by atoms with E-state index < -0.39 is 18.2 Å². The molecule has 0 aliphatic heterocycles. The molecule has 2 fully saturated rings. The van der Waals surface area contributed by atoms with Crippen LogP contribution in [0, 0.1) is 0 Å². The summed E-state index contributed by atoms with van der Waals surface area (Å²) in [5, 5.41) is 9.77. The fourth-order valence-electron chi connectivity index (χ4n) is 2.76. The van der Waals surface area contributed by atoms with Crippen LogP contribution in [0.5, 0.6) is 11.5 Å². The molecular weight excluding hydrogens is 523 g/mol. The number of carboxylic acid groups (broad SMARTS) is 1. The van der Waals surface area contributed by atoms with Gasteiger partial charge in [0.1, 0.15) is 11.5 Å². The molecule has 2 aromatic carbocycles. The average Bonchev–Trinajstić information content (AvgIpc) is 2.81. The zero-order chi connectivity index (χ0) is 27.2. The highest BCUT2D eigenvalue weighted by atomic mass is 35.5. The van der Waals surface area contributed by atoms with Crippen molar-refractivity contribution < 1.29 is 33.8 Å². The van der Waals surface area contributed by atoms with Gasteiger partial charge in [-0.25, -0.2) is 16.2 Å². The number of rotatable bonds is 9. The summed E-state index contributed by atoms with van der Waals surface area (Å²) in [6.07, 6.45) is 5.90. The summed E-state index contributed by atoms with van der Waals surface area (Å²) in [6.45, 7) is 3.14. The van der Waals surface area contributed by atoms with Crippen LogP contribution in [0.4, 0.5) is 0 Å². The molecular formula is C26H34Cl2N2O7. The van der Waals surface area contributed by atoms with Crippen LogP contribution in [-0.2, 0) is 19.3 Å². The molecule has 37 heavy (non-hydrogen) atoms. The van der Waals surface area contributed by atoms with E-state index in [0.29, 0.717) is 27.6 Å². The molecule has 4 rings (SSSR count). The van der Waals surface area contributed by atoms with Crippen molar-refractivity contribution in [2.24, 2.45) is 5.90 Å². The highest BCUT2D eigenvalue weighted by Crippen LogP contribution is 2.21. The van der Waals surface area contributed by atoms with Crippen LogP contribution in [0.2, 0.25) is 10.0 Å². The quantitative estimate of drug-likeness (QED) is 0.353. The number of ether oxygens (including phenoxy) is 2. The van der Waals surface area contributed by atoms with Crippen molar-refractivity contribution in [3.8, 4) is 11.5 Å². The first-order chi connectivity index (χ1) is 17.7. The van der Waals surface area contributed by atoms with E-state index in [1.54, 1.807) is 55.5 Å². The summed E-state index contributed by atoms with van der Waals surface area (Å²) in [5.74, 6) is 4.66. The lowest BCUT2D eigenvalue weighted by molar-refractivity contribution is -0.149. The third kappa shape index (κ3) is 12.0. The van der Waals surface area contributed by atoms with Crippen molar-refractivity contribution in [3.05, 3.63) is 58.6 Å². The molecule has 0 heterocycles. The minimum atomic E-state index is -0.991. The molecule has 204 valence electrons. The molecule has 0 radical (unpaired) electrons. The molecule has 0 unspecified atom stereocenters. The Bertz CT molecular complexity index is 950. The zero-order valence-corrected chi connectivity index (χ0v) is 22.4. The Labute approximate surface area is 227 Å². The number of carboxylic acids is 1. The Morgan fingerprint density at radius 1 is 0.838 bits per heavy atom. The average molecular weight is 557 g/mol. The van der Waals surface area contributed by atoms with Gasteiger partial charge in [0.25, 0.3) is 5.91 Å². The molecule has 0 saturated heterocycles. The van der Waals surface area contributed by atoms with Crippen molar-refractivity contribution in [2.75, 3.05) is 0 Å². The number of carbonyl (C=O) groups excluding carboxylic acids is 1. The molecule has 2 saturated carbocycles. The second-order valence-corrected chi connectivity index (χ2v) is 9.47. The lowest BCUT2D eigenvalue weighted by Crippen LogP contribution is -2.40. The van der Waals surface area contributed by atoms with Crippen LogP contribution in [-0.4, -0.2) is 41.4 Å². The fraction of sp³-hybridized carbons (Fsp3) is 0.462. The van der Waals surface area contributed by atoms with Crippen molar-refractivity contribution in [3.63, 3.8) is 0 Å². The lowest BCUT2D eigenvalue weighted by Gasteiger charge is -2.25. The molecule has 9 nitrogen and oxygen atoms in total. The number of hydrogen-bond acceptors (Lipinski definition) is 7. The van der Waals surface area contributed by atoms with Crippen molar-refractivity contribution in [2.45, 2.75) is 76.8 Å². The fourth-order valence-corrected chi connectivity index (χ4v) is 3.01. The maximum Gasteiger partial charge on any atom is 0.344 e. The first-order valence-corrected chi connectivity index (χ1v) is 12.8. The van der Waals surface area contributed by atoms with Crippen LogP contribution in [0.1, 0.15) is 52.4 Å². The number of aliphatic carboxylic acids is 1. The van der Waals surface area contributed by atoms with Crippen LogP contribution in [0.15, 0.2) is 48.5 Å². The third-order valence-corrected chi connectivity index (χ3v) is 6.10. The summed E-state index contributed by atoms with van der Waals surface area (Å²) in [7, 11) is 0. The summed E-state index contributed by atoms with van der Waals surface area (Å²) in [6, 6.07) is 13.4. The molecule has 0 aromatic heterocycles. The second-order valence-electron chi connectivity index (χ2n) is 8.59. The Balaban J connectivity index is 0.000000220. The molecule has 2 aliphatic rings. The molecule has 2 atom stereocenters. The van der Waals surface area contributed by atoms with E-state index in [0.717, 1.165) is 32.1 Å². The van der Waals surface area contributed by atoms with Gasteiger partial charge in [0.15, 0.2) is 12.2 Å². The van der Waals surface area contributed by atoms with Crippen molar-refractivity contribution in [1.29, 1.82) is 0 Å². The van der Waals surface area contributed by atoms with Gasteiger partial charge in [-0.1, -0.05) is 23.2 Å². The molecule has 4 N–H and O–H groups in total. The summed E-state index contributed by atoms with van der Waals surface area (Å²) < 4.78 is 10.5. The number of hydrogen-bond donors (Lipinski definition) is 3. The van der Waals surface area contributed by atoms with Gasteiger partial charge < -0.3 is 19.4 Å². The van der Waals surface area contributed by atoms with Crippen molar-refractivity contribution in [1.82, 2.24) is 5.48 Å². The molecule has 2 aromatic rings. The van der Waals surface area contributed by atoms with Gasteiger partial charge in [-0.05, 0) is 101 Å². The topological polar surface area (TPSA) is 129 Å². The largest absolute Gasteiger partial charge is 0.481 e. The highest BCUT2D eigenvalue weighted by molar-refractivity contribution is 6.30. The number of nitrogens with one attached hydrogen (secondary N) is 1. The minimum absolute atomic E-state index is 0.164. The smallest absolute Gasteiger partial charge is 0.344 e. The third-order valence-electron chi connectivity index (χ3n) is 5.59. The molecule has 0 bridgehead atoms. The SMILES string of the molecule is C[C@H](Oc1ccc(Cl)cc1)C(=O)NOC1CCC1.C[C@H](Oc1ccc(Cl)cc1)C(=O)O.NOC1CCC1. The van der Waals surface area contributed by atoms with E-state index in [1.165, 1.54) is 13.3 Å². The van der Waals surface area contributed by atoms with E-state index in [1.807, 2.05) is 0 Å². The molecule has 1 amide bonds. The van der Waals surface area contributed by atoms with Gasteiger partial charge in [-0.3, -0.25) is 9.63 Å². The van der Waals surface area contributed by atoms with Crippen LogP contribution < -0.4 is 20.9 Å². The van der Waals surface area contributed by atoms with Crippen LogP contribution in [0.3, 0.4) is 0 Å².